The molecule has 5 rings (SSSR count). The van der Waals surface area contributed by atoms with Gasteiger partial charge in [0.15, 0.2) is 0 Å². The third-order valence-corrected chi connectivity index (χ3v) is 7.50. The molecular weight excluding hydrogens is 526 g/mol. The van der Waals surface area contributed by atoms with Gasteiger partial charge in [0.1, 0.15) is 12.4 Å². The van der Waals surface area contributed by atoms with Gasteiger partial charge in [-0.25, -0.2) is 4.79 Å². The lowest BCUT2D eigenvalue weighted by Gasteiger charge is -2.33. The van der Waals surface area contributed by atoms with E-state index in [9.17, 15) is 9.59 Å². The normalized spacial score (nSPS) is 18.7. The Morgan fingerprint density at radius 2 is 1.05 bits per heavy atom. The largest absolute Gasteiger partial charge is 0.445 e. The minimum Gasteiger partial charge on any atom is -0.445 e. The lowest BCUT2D eigenvalue weighted by Crippen LogP contribution is -2.43. The van der Waals surface area contributed by atoms with Gasteiger partial charge < -0.3 is 19.1 Å². The summed E-state index contributed by atoms with van der Waals surface area (Å²) in [5.74, 6) is 0.0396. The maximum atomic E-state index is 13.6. The van der Waals surface area contributed by atoms with Gasteiger partial charge in [-0.1, -0.05) is 121 Å². The van der Waals surface area contributed by atoms with Crippen LogP contribution in [0.25, 0.3) is 0 Å². The Labute approximate surface area is 247 Å². The van der Waals surface area contributed by atoms with Crippen LogP contribution in [0.5, 0.6) is 0 Å². The summed E-state index contributed by atoms with van der Waals surface area (Å²) in [6.45, 7) is 1.24. The second-order valence-corrected chi connectivity index (χ2v) is 10.7. The number of Topliss-reactive ketones (excluding diaryl/α,β-unsaturated/α-hetero) is 1. The first-order valence-electron chi connectivity index (χ1n) is 14.5. The van der Waals surface area contributed by atoms with Gasteiger partial charge in [0.25, 0.3) is 0 Å². The molecule has 0 unspecified atom stereocenters. The highest BCUT2D eigenvalue weighted by atomic mass is 16.6. The summed E-state index contributed by atoms with van der Waals surface area (Å²) in [6, 6.07) is 38.9. The van der Waals surface area contributed by atoms with Crippen molar-refractivity contribution < 1.29 is 23.8 Å². The van der Waals surface area contributed by atoms with Crippen LogP contribution in [-0.2, 0) is 45.4 Å². The third kappa shape index (κ3) is 8.62. The van der Waals surface area contributed by atoms with Crippen LogP contribution in [0.2, 0.25) is 0 Å². The van der Waals surface area contributed by atoms with Crippen molar-refractivity contribution in [2.24, 2.45) is 0 Å². The minimum absolute atomic E-state index is 0.0396. The molecule has 1 fully saturated rings. The van der Waals surface area contributed by atoms with Gasteiger partial charge in [-0.05, 0) is 28.7 Å². The summed E-state index contributed by atoms with van der Waals surface area (Å²) in [5.41, 5.74) is 3.93. The molecule has 42 heavy (non-hydrogen) atoms. The van der Waals surface area contributed by atoms with Gasteiger partial charge in [-0.3, -0.25) is 4.79 Å². The first-order valence-corrected chi connectivity index (χ1v) is 14.5. The molecule has 0 bridgehead atoms. The van der Waals surface area contributed by atoms with Crippen LogP contribution in [0.1, 0.15) is 41.5 Å². The van der Waals surface area contributed by atoms with Crippen molar-refractivity contribution in [2.45, 2.75) is 63.9 Å². The number of benzene rings is 4. The van der Waals surface area contributed by atoms with E-state index in [1.165, 1.54) is 0 Å². The molecule has 6 heteroatoms. The van der Waals surface area contributed by atoms with Crippen LogP contribution >= 0.6 is 0 Å². The SMILES string of the molecule is O=C1C[C@@H](N(Cc2ccccc2)C(=O)OCc2ccccc2)C[C@@H](OCc2ccccc2)[C@H](OCc2ccccc2)C1. The standard InChI is InChI=1S/C36H37NO5/c38-33-21-32(37(24-28-13-5-1-6-14-28)36(39)42-27-31-19-11-4-12-20-31)22-34(40-25-29-15-7-2-8-16-29)35(23-33)41-26-30-17-9-3-10-18-30/h1-20,32,34-35H,21-27H2/t32-,34-,35-/m1/s1. The van der Waals surface area contributed by atoms with E-state index in [1.54, 1.807) is 4.90 Å². The molecule has 0 heterocycles. The second-order valence-electron chi connectivity index (χ2n) is 10.7. The predicted molar refractivity (Wildman–Crippen MR) is 161 cm³/mol. The van der Waals surface area contributed by atoms with Crippen molar-refractivity contribution >= 4 is 11.9 Å². The Morgan fingerprint density at radius 3 is 1.57 bits per heavy atom. The smallest absolute Gasteiger partial charge is 0.410 e. The van der Waals surface area contributed by atoms with Crippen LogP contribution in [0.4, 0.5) is 4.79 Å². The van der Waals surface area contributed by atoms with Crippen molar-refractivity contribution in [1.29, 1.82) is 0 Å². The lowest BCUT2D eigenvalue weighted by molar-refractivity contribution is -0.126. The van der Waals surface area contributed by atoms with Gasteiger partial charge in [0, 0.05) is 25.4 Å². The van der Waals surface area contributed by atoms with E-state index < -0.39 is 24.3 Å². The molecular formula is C36H37NO5. The molecule has 0 saturated heterocycles. The molecule has 4 aromatic rings. The van der Waals surface area contributed by atoms with E-state index in [-0.39, 0.29) is 25.2 Å². The summed E-state index contributed by atoms with van der Waals surface area (Å²) >= 11 is 0. The predicted octanol–water partition coefficient (Wildman–Crippen LogP) is 7.12. The molecule has 6 nitrogen and oxygen atoms in total. The first kappa shape index (κ1) is 29.2. The Hall–Kier alpha value is -4.26. The van der Waals surface area contributed by atoms with Crippen molar-refractivity contribution in [1.82, 2.24) is 4.90 Å². The number of carbonyl (C=O) groups is 2. The van der Waals surface area contributed by atoms with Crippen molar-refractivity contribution in [2.75, 3.05) is 0 Å². The molecule has 1 aliphatic rings. The molecule has 0 aromatic heterocycles. The van der Waals surface area contributed by atoms with E-state index in [0.717, 1.165) is 22.3 Å². The topological polar surface area (TPSA) is 65.1 Å². The maximum Gasteiger partial charge on any atom is 0.410 e. The van der Waals surface area contributed by atoms with E-state index in [0.29, 0.717) is 26.2 Å². The van der Waals surface area contributed by atoms with E-state index in [4.69, 9.17) is 14.2 Å². The van der Waals surface area contributed by atoms with E-state index in [1.807, 2.05) is 121 Å². The fourth-order valence-corrected chi connectivity index (χ4v) is 5.26. The summed E-state index contributed by atoms with van der Waals surface area (Å²) in [4.78, 5) is 28.7. The van der Waals surface area contributed by atoms with E-state index >= 15 is 0 Å². The highest BCUT2D eigenvalue weighted by Gasteiger charge is 2.38. The minimum atomic E-state index is -0.453. The second kappa shape index (κ2) is 15.1. The zero-order valence-electron chi connectivity index (χ0n) is 23.7. The van der Waals surface area contributed by atoms with Crippen LogP contribution in [-0.4, -0.2) is 35.0 Å². The zero-order valence-corrected chi connectivity index (χ0v) is 23.7. The Morgan fingerprint density at radius 1 is 0.595 bits per heavy atom. The van der Waals surface area contributed by atoms with Crippen LogP contribution < -0.4 is 0 Å². The Balaban J connectivity index is 1.37. The van der Waals surface area contributed by atoms with Gasteiger partial charge in [0.2, 0.25) is 0 Å². The van der Waals surface area contributed by atoms with Gasteiger partial charge in [-0.2, -0.15) is 0 Å². The molecule has 3 atom stereocenters. The number of nitrogens with zero attached hydrogens (tertiary/aromatic N) is 1. The number of ketones is 1. The number of amides is 1. The number of hydrogen-bond acceptors (Lipinski definition) is 5. The molecule has 0 aliphatic heterocycles. The van der Waals surface area contributed by atoms with Crippen LogP contribution in [0, 0.1) is 0 Å². The van der Waals surface area contributed by atoms with Crippen LogP contribution in [0.15, 0.2) is 121 Å². The van der Waals surface area contributed by atoms with Gasteiger partial charge >= 0.3 is 6.09 Å². The number of rotatable bonds is 11. The van der Waals surface area contributed by atoms with Crippen LogP contribution in [0.3, 0.4) is 0 Å². The third-order valence-electron chi connectivity index (χ3n) is 7.50. The number of ether oxygens (including phenoxy) is 3. The zero-order chi connectivity index (χ0) is 29.0. The van der Waals surface area contributed by atoms with Crippen molar-refractivity contribution in [3.63, 3.8) is 0 Å². The van der Waals surface area contributed by atoms with Crippen molar-refractivity contribution in [3.8, 4) is 0 Å². The number of hydrogen-bond donors (Lipinski definition) is 0. The van der Waals surface area contributed by atoms with Gasteiger partial charge in [0.05, 0.1) is 25.4 Å². The highest BCUT2D eigenvalue weighted by Crippen LogP contribution is 2.28. The summed E-state index contributed by atoms with van der Waals surface area (Å²) in [6.07, 6.45) is -0.405. The molecule has 1 saturated carbocycles. The quantitative estimate of drug-likeness (QED) is 0.182. The molecule has 0 radical (unpaired) electrons. The monoisotopic (exact) mass is 563 g/mol. The number of carbonyl (C=O) groups excluding carboxylic acids is 2. The molecule has 0 N–H and O–H groups in total. The summed E-state index contributed by atoms with van der Waals surface area (Å²) < 4.78 is 18.6. The molecule has 1 amide bonds. The summed E-state index contributed by atoms with van der Waals surface area (Å²) in [7, 11) is 0. The fraction of sp³-hybridized carbons (Fsp3) is 0.278. The molecule has 1 aliphatic carbocycles. The van der Waals surface area contributed by atoms with Gasteiger partial charge in [-0.15, -0.1) is 0 Å². The average Bonchev–Trinajstić information content (AvgIpc) is 3.20. The molecule has 216 valence electrons. The molecule has 0 spiro atoms. The Kier molecular flexibility index (Phi) is 10.5. The summed E-state index contributed by atoms with van der Waals surface area (Å²) in [5, 5.41) is 0. The van der Waals surface area contributed by atoms with Crippen molar-refractivity contribution in [3.05, 3.63) is 144 Å². The first-order chi connectivity index (χ1) is 20.6. The average molecular weight is 564 g/mol. The van der Waals surface area contributed by atoms with E-state index in [2.05, 4.69) is 0 Å². The Bertz CT molecular complexity index is 1380. The fourth-order valence-electron chi connectivity index (χ4n) is 5.26. The molecule has 4 aromatic carbocycles. The highest BCUT2D eigenvalue weighted by molar-refractivity contribution is 5.81. The maximum absolute atomic E-state index is 13.6. The lowest BCUT2D eigenvalue weighted by atomic mass is 10.0.